The maximum absolute atomic E-state index is 8.65. The Kier molecular flexibility index (Phi) is 2.27. The van der Waals surface area contributed by atoms with Gasteiger partial charge in [-0.05, 0) is 8.09 Å². The Morgan fingerprint density at radius 3 is 2.89 bits per heavy atom. The van der Waals surface area contributed by atoms with Gasteiger partial charge in [0.15, 0.2) is 4.32 Å². The quantitative estimate of drug-likeness (QED) is 0.260. The van der Waals surface area contributed by atoms with E-state index in [1.54, 1.807) is 0 Å². The third-order valence-electron chi connectivity index (χ3n) is 0.731. The number of hydrogen-bond donors (Lipinski definition) is 3. The van der Waals surface area contributed by atoms with Gasteiger partial charge in [-0.3, -0.25) is 5.43 Å². The van der Waals surface area contributed by atoms with E-state index in [1.807, 2.05) is 0 Å². The molecule has 1 aliphatic heterocycles. The topological polar surface area (TPSA) is 44.6 Å². The van der Waals surface area contributed by atoms with Crippen molar-refractivity contribution >= 4 is 52.9 Å². The molecule has 1 heterocycles. The van der Waals surface area contributed by atoms with Crippen LogP contribution in [0.1, 0.15) is 0 Å². The fourth-order valence-corrected chi connectivity index (χ4v) is 2.18. The Labute approximate surface area is 68.0 Å². The summed E-state index contributed by atoms with van der Waals surface area (Å²) in [6, 6.07) is 0. The lowest BCUT2D eigenvalue weighted by molar-refractivity contribution is 0.676. The number of rotatable bonds is 1. The van der Waals surface area contributed by atoms with E-state index in [4.69, 9.17) is 16.8 Å². The maximum atomic E-state index is 8.65. The lowest BCUT2D eigenvalue weighted by atomic mass is 11.5. The molecule has 0 aliphatic carbocycles. The van der Waals surface area contributed by atoms with Crippen molar-refractivity contribution in [3.05, 3.63) is 0 Å². The fourth-order valence-electron chi connectivity index (χ4n) is 0.317. The highest BCUT2D eigenvalue weighted by atomic mass is 33.5. The van der Waals surface area contributed by atoms with Crippen molar-refractivity contribution in [2.24, 2.45) is 5.10 Å². The van der Waals surface area contributed by atoms with Gasteiger partial charge in [-0.15, -0.1) is 11.7 Å². The van der Waals surface area contributed by atoms with Crippen molar-refractivity contribution in [3.63, 3.8) is 0 Å². The molecule has 7 heteroatoms. The molecule has 0 bridgehead atoms. The molecule has 1 unspecified atom stereocenters. The van der Waals surface area contributed by atoms with Gasteiger partial charge < -0.3 is 4.55 Å². The number of nitrogens with zero attached hydrogens (tertiary/aromatic N) is 1. The number of hydrogen-bond acceptors (Lipinski definition) is 5. The second kappa shape index (κ2) is 2.67. The lowest BCUT2D eigenvalue weighted by Gasteiger charge is -2.17. The molecule has 0 amide bonds. The molecule has 0 aromatic carbocycles. The normalized spacial score (nSPS) is 40.0. The Hall–Kier alpha value is 0.570. The first-order valence-corrected chi connectivity index (χ1v) is 6.35. The molecular weight excluding hydrogens is 196 g/mol. The summed E-state index contributed by atoms with van der Waals surface area (Å²) in [4.78, 5) is 0. The van der Waals surface area contributed by atoms with E-state index < -0.39 is 8.09 Å². The van der Waals surface area contributed by atoms with Crippen LogP contribution in [0.25, 0.3) is 0 Å². The van der Waals surface area contributed by atoms with Gasteiger partial charge >= 0.3 is 0 Å². The molecule has 0 saturated carbocycles. The van der Waals surface area contributed by atoms with Gasteiger partial charge in [0.25, 0.3) is 0 Å². The van der Waals surface area contributed by atoms with Crippen molar-refractivity contribution in [2.45, 2.75) is 0 Å². The molecule has 0 fully saturated rings. The summed E-state index contributed by atoms with van der Waals surface area (Å²) in [7, 11) is -1.63. The predicted octanol–water partition coefficient (Wildman–Crippen LogP) is 1.59. The molecule has 9 heavy (non-hydrogen) atoms. The van der Waals surface area contributed by atoms with Crippen molar-refractivity contribution in [1.29, 1.82) is 0 Å². The van der Waals surface area contributed by atoms with Crippen molar-refractivity contribution < 1.29 is 4.55 Å². The van der Waals surface area contributed by atoms with E-state index in [2.05, 4.69) is 22.2 Å². The minimum atomic E-state index is -1.63. The van der Waals surface area contributed by atoms with Gasteiger partial charge in [-0.25, -0.2) is 0 Å². The SMILES string of the molecule is OSS1(S)C=NNC1=S. The van der Waals surface area contributed by atoms with Crippen LogP contribution >= 0.6 is 43.0 Å². The smallest absolute Gasteiger partial charge is 0.161 e. The van der Waals surface area contributed by atoms with Gasteiger partial charge in [0.05, 0.1) is 16.6 Å². The first kappa shape index (κ1) is 7.67. The zero-order chi connectivity index (χ0) is 6.91. The van der Waals surface area contributed by atoms with Gasteiger partial charge in [0.1, 0.15) is 0 Å². The zero-order valence-electron chi connectivity index (χ0n) is 4.14. The third-order valence-corrected chi connectivity index (χ3v) is 6.41. The van der Waals surface area contributed by atoms with Crippen LogP contribution in [0.15, 0.2) is 5.10 Å². The lowest BCUT2D eigenvalue weighted by Crippen LogP contribution is -2.09. The second-order valence-electron chi connectivity index (χ2n) is 1.28. The highest BCUT2D eigenvalue weighted by molar-refractivity contribution is 9.30. The largest absolute Gasteiger partial charge is 0.321 e. The third kappa shape index (κ3) is 1.35. The molecule has 0 saturated heterocycles. The Balaban J connectivity index is 2.78. The highest BCUT2D eigenvalue weighted by Gasteiger charge is 2.27. The van der Waals surface area contributed by atoms with Crippen molar-refractivity contribution in [1.82, 2.24) is 5.43 Å². The number of thiocarbonyl (C=S) groups is 1. The Morgan fingerprint density at radius 1 is 2.00 bits per heavy atom. The summed E-state index contributed by atoms with van der Waals surface area (Å²) >= 11 is 9.55. The molecule has 1 atom stereocenters. The molecule has 2 N–H and O–H groups in total. The molecule has 3 nitrogen and oxygen atoms in total. The minimum absolute atomic E-state index is 0.498. The first-order chi connectivity index (χ1) is 4.19. The summed E-state index contributed by atoms with van der Waals surface area (Å²) in [6.45, 7) is 0. The van der Waals surface area contributed by atoms with E-state index in [1.165, 1.54) is 5.55 Å². The van der Waals surface area contributed by atoms with Crippen LogP contribution in [-0.4, -0.2) is 14.4 Å². The van der Waals surface area contributed by atoms with Gasteiger partial charge in [0, 0.05) is 0 Å². The predicted molar refractivity (Wildman–Crippen MR) is 51.0 cm³/mol. The van der Waals surface area contributed by atoms with Crippen LogP contribution in [-0.2, 0) is 0 Å². The second-order valence-corrected chi connectivity index (χ2v) is 8.34. The molecule has 1 rings (SSSR count). The average molecular weight is 200 g/mol. The number of hydrazone groups is 1. The zero-order valence-corrected chi connectivity index (χ0v) is 7.49. The molecule has 0 aromatic rings. The number of nitrogens with one attached hydrogen (secondary N) is 1. The highest BCUT2D eigenvalue weighted by Crippen LogP contribution is 2.62. The summed E-state index contributed by atoms with van der Waals surface area (Å²) in [5, 5.41) is 3.65. The molecule has 0 aromatic heterocycles. The van der Waals surface area contributed by atoms with Crippen LogP contribution in [0.2, 0.25) is 0 Å². The van der Waals surface area contributed by atoms with E-state index in [0.29, 0.717) is 15.4 Å². The van der Waals surface area contributed by atoms with Crippen LogP contribution in [0.5, 0.6) is 0 Å². The standard InChI is InChI=1S/C2H4N2OS4/c5-8-9(7)1-3-4-2(9)6/h1,5,7H,(H,4,6). The molecule has 52 valence electrons. The Bertz CT molecular complexity index is 170. The van der Waals surface area contributed by atoms with Crippen LogP contribution in [0.4, 0.5) is 0 Å². The van der Waals surface area contributed by atoms with Crippen molar-refractivity contribution in [3.8, 4) is 0 Å². The maximum Gasteiger partial charge on any atom is 0.161 e. The van der Waals surface area contributed by atoms with Gasteiger partial charge in [-0.1, -0.05) is 12.2 Å². The van der Waals surface area contributed by atoms with E-state index in [9.17, 15) is 0 Å². The minimum Gasteiger partial charge on any atom is -0.321 e. The molecule has 0 spiro atoms. The summed E-state index contributed by atoms with van der Waals surface area (Å²) in [6.07, 6.45) is 0. The van der Waals surface area contributed by atoms with E-state index >= 15 is 0 Å². The van der Waals surface area contributed by atoms with Crippen LogP contribution in [0.3, 0.4) is 0 Å². The Morgan fingerprint density at radius 2 is 2.67 bits per heavy atom. The molecular formula is C2H4N2OS4. The average Bonchev–Trinajstić information content (AvgIpc) is 2.15. The van der Waals surface area contributed by atoms with Gasteiger partial charge in [0.2, 0.25) is 0 Å². The van der Waals surface area contributed by atoms with Crippen molar-refractivity contribution in [2.75, 3.05) is 0 Å². The summed E-state index contributed by atoms with van der Waals surface area (Å²) in [5.74, 6) is 0. The van der Waals surface area contributed by atoms with Crippen LogP contribution < -0.4 is 5.43 Å². The summed E-state index contributed by atoms with van der Waals surface area (Å²) in [5.41, 5.74) is 4.07. The first-order valence-electron chi connectivity index (χ1n) is 1.91. The molecule has 0 radical (unpaired) electrons. The molecule has 1 aliphatic rings. The van der Waals surface area contributed by atoms with Gasteiger partial charge in [-0.2, -0.15) is 5.10 Å². The summed E-state index contributed by atoms with van der Waals surface area (Å²) < 4.78 is 9.15. The van der Waals surface area contributed by atoms with E-state index in [0.717, 1.165) is 0 Å². The van der Waals surface area contributed by atoms with Crippen LogP contribution in [0, 0.1) is 0 Å². The number of thiol groups is 1. The fraction of sp³-hybridized carbons (Fsp3) is 0. The van der Waals surface area contributed by atoms with E-state index in [-0.39, 0.29) is 0 Å². The monoisotopic (exact) mass is 200 g/mol.